The predicted octanol–water partition coefficient (Wildman–Crippen LogP) is 1.53. The lowest BCUT2D eigenvalue weighted by atomic mass is 10.2. The summed E-state index contributed by atoms with van der Waals surface area (Å²) in [4.78, 5) is 23.0. The SMILES string of the molecule is CCC(CO)NC(=O)C(=O)Nc1ccc(C(F)(F)F)cc1. The number of carbonyl (C=O) groups excluding carboxylic acids is 2. The fourth-order valence-corrected chi connectivity index (χ4v) is 1.46. The van der Waals surface area contributed by atoms with Crippen LogP contribution < -0.4 is 10.6 Å². The number of hydrogen-bond donors (Lipinski definition) is 3. The first-order chi connectivity index (χ1) is 9.77. The third kappa shape index (κ3) is 5.07. The summed E-state index contributed by atoms with van der Waals surface area (Å²) in [6.07, 6.45) is -4.02. The average molecular weight is 304 g/mol. The molecule has 0 saturated carbocycles. The van der Waals surface area contributed by atoms with E-state index < -0.39 is 29.6 Å². The molecular formula is C13H15F3N2O3. The van der Waals surface area contributed by atoms with Gasteiger partial charge in [0.1, 0.15) is 0 Å². The molecule has 1 aromatic rings. The molecule has 1 rings (SSSR count). The van der Waals surface area contributed by atoms with E-state index in [1.54, 1.807) is 6.92 Å². The molecule has 116 valence electrons. The van der Waals surface area contributed by atoms with Crippen molar-refractivity contribution in [3.8, 4) is 0 Å². The Morgan fingerprint density at radius 2 is 1.76 bits per heavy atom. The van der Waals surface area contributed by atoms with Crippen LogP contribution in [-0.2, 0) is 15.8 Å². The third-order valence-corrected chi connectivity index (χ3v) is 2.72. The van der Waals surface area contributed by atoms with E-state index in [-0.39, 0.29) is 12.3 Å². The molecule has 2 amide bonds. The molecular weight excluding hydrogens is 289 g/mol. The van der Waals surface area contributed by atoms with Gasteiger partial charge in [-0.25, -0.2) is 0 Å². The molecule has 21 heavy (non-hydrogen) atoms. The number of aliphatic hydroxyl groups is 1. The number of rotatable bonds is 4. The van der Waals surface area contributed by atoms with Crippen LogP contribution in [-0.4, -0.2) is 29.6 Å². The Morgan fingerprint density at radius 3 is 2.19 bits per heavy atom. The number of carbonyl (C=O) groups is 2. The lowest BCUT2D eigenvalue weighted by Crippen LogP contribution is -2.43. The van der Waals surface area contributed by atoms with E-state index in [0.29, 0.717) is 6.42 Å². The van der Waals surface area contributed by atoms with Crippen molar-refractivity contribution in [1.82, 2.24) is 5.32 Å². The van der Waals surface area contributed by atoms with E-state index in [0.717, 1.165) is 24.3 Å². The van der Waals surface area contributed by atoms with E-state index in [1.807, 2.05) is 0 Å². The molecule has 0 aliphatic heterocycles. The van der Waals surface area contributed by atoms with E-state index in [1.165, 1.54) is 0 Å². The first-order valence-electron chi connectivity index (χ1n) is 6.18. The van der Waals surface area contributed by atoms with Gasteiger partial charge in [0, 0.05) is 5.69 Å². The second-order valence-electron chi connectivity index (χ2n) is 4.29. The van der Waals surface area contributed by atoms with Crippen molar-refractivity contribution in [3.63, 3.8) is 0 Å². The Kier molecular flexibility index (Phi) is 5.71. The maximum atomic E-state index is 12.4. The van der Waals surface area contributed by atoms with Crippen molar-refractivity contribution in [2.24, 2.45) is 0 Å². The fourth-order valence-electron chi connectivity index (χ4n) is 1.46. The first kappa shape index (κ1) is 17.0. The molecule has 0 aliphatic carbocycles. The van der Waals surface area contributed by atoms with Crippen LogP contribution in [0.3, 0.4) is 0 Å². The molecule has 8 heteroatoms. The van der Waals surface area contributed by atoms with Gasteiger partial charge in [0.15, 0.2) is 0 Å². The van der Waals surface area contributed by atoms with Crippen LogP contribution in [0.25, 0.3) is 0 Å². The lowest BCUT2D eigenvalue weighted by molar-refractivity contribution is -0.137. The monoisotopic (exact) mass is 304 g/mol. The van der Waals surface area contributed by atoms with Crippen LogP contribution in [0.15, 0.2) is 24.3 Å². The van der Waals surface area contributed by atoms with Gasteiger partial charge < -0.3 is 15.7 Å². The molecule has 0 aliphatic rings. The normalized spacial score (nSPS) is 12.6. The number of amides is 2. The molecule has 0 heterocycles. The second kappa shape index (κ2) is 7.07. The topological polar surface area (TPSA) is 78.4 Å². The van der Waals surface area contributed by atoms with Gasteiger partial charge >= 0.3 is 18.0 Å². The highest BCUT2D eigenvalue weighted by atomic mass is 19.4. The van der Waals surface area contributed by atoms with Gasteiger partial charge in [-0.15, -0.1) is 0 Å². The van der Waals surface area contributed by atoms with Crippen molar-refractivity contribution < 1.29 is 27.9 Å². The van der Waals surface area contributed by atoms with Gasteiger partial charge in [0.05, 0.1) is 18.2 Å². The minimum absolute atomic E-state index is 0.0696. The highest BCUT2D eigenvalue weighted by Crippen LogP contribution is 2.29. The summed E-state index contributed by atoms with van der Waals surface area (Å²) in [6.45, 7) is 1.41. The van der Waals surface area contributed by atoms with Crippen molar-refractivity contribution in [1.29, 1.82) is 0 Å². The minimum atomic E-state index is -4.46. The number of halogens is 3. The summed E-state index contributed by atoms with van der Waals surface area (Å²) in [5.74, 6) is -1.97. The number of alkyl halides is 3. The van der Waals surface area contributed by atoms with E-state index in [2.05, 4.69) is 10.6 Å². The van der Waals surface area contributed by atoms with Gasteiger partial charge in [-0.3, -0.25) is 9.59 Å². The molecule has 0 spiro atoms. The molecule has 0 radical (unpaired) electrons. The van der Waals surface area contributed by atoms with Crippen LogP contribution in [0.4, 0.5) is 18.9 Å². The van der Waals surface area contributed by atoms with Crippen LogP contribution in [0.2, 0.25) is 0 Å². The first-order valence-corrected chi connectivity index (χ1v) is 6.18. The Bertz CT molecular complexity index is 496. The van der Waals surface area contributed by atoms with E-state index >= 15 is 0 Å². The molecule has 3 N–H and O–H groups in total. The molecule has 0 fully saturated rings. The number of benzene rings is 1. The molecule has 1 atom stereocenters. The fraction of sp³-hybridized carbons (Fsp3) is 0.385. The van der Waals surface area contributed by atoms with Gasteiger partial charge in [-0.1, -0.05) is 6.92 Å². The number of hydrogen-bond acceptors (Lipinski definition) is 3. The van der Waals surface area contributed by atoms with Gasteiger partial charge in [-0.2, -0.15) is 13.2 Å². The second-order valence-corrected chi connectivity index (χ2v) is 4.29. The van der Waals surface area contributed by atoms with E-state index in [9.17, 15) is 22.8 Å². The number of nitrogens with one attached hydrogen (secondary N) is 2. The zero-order valence-electron chi connectivity index (χ0n) is 11.2. The summed E-state index contributed by atoms with van der Waals surface area (Å²) in [7, 11) is 0. The largest absolute Gasteiger partial charge is 0.416 e. The summed E-state index contributed by atoms with van der Waals surface area (Å²) in [5, 5.41) is 13.4. The van der Waals surface area contributed by atoms with Gasteiger partial charge in [-0.05, 0) is 30.7 Å². The predicted molar refractivity (Wildman–Crippen MR) is 69.4 cm³/mol. The minimum Gasteiger partial charge on any atom is -0.394 e. The standard InChI is InChI=1S/C13H15F3N2O3/c1-2-9(7-19)17-11(20)12(21)18-10-5-3-8(4-6-10)13(14,15)16/h3-6,9,19H,2,7H2,1H3,(H,17,20)(H,18,21). The lowest BCUT2D eigenvalue weighted by Gasteiger charge is -2.13. The number of anilines is 1. The Labute approximate surface area is 119 Å². The van der Waals surface area contributed by atoms with Crippen LogP contribution in [0.1, 0.15) is 18.9 Å². The average Bonchev–Trinajstić information content (AvgIpc) is 2.44. The van der Waals surface area contributed by atoms with Gasteiger partial charge in [0.25, 0.3) is 0 Å². The molecule has 0 aromatic heterocycles. The van der Waals surface area contributed by atoms with E-state index in [4.69, 9.17) is 5.11 Å². The van der Waals surface area contributed by atoms with Crippen LogP contribution >= 0.6 is 0 Å². The molecule has 0 bridgehead atoms. The van der Waals surface area contributed by atoms with Crippen molar-refractivity contribution in [3.05, 3.63) is 29.8 Å². The molecule has 5 nitrogen and oxygen atoms in total. The molecule has 1 aromatic carbocycles. The third-order valence-electron chi connectivity index (χ3n) is 2.72. The van der Waals surface area contributed by atoms with Gasteiger partial charge in [0.2, 0.25) is 0 Å². The Hall–Kier alpha value is -2.09. The summed E-state index contributed by atoms with van der Waals surface area (Å²) in [5.41, 5.74) is -0.781. The smallest absolute Gasteiger partial charge is 0.394 e. The van der Waals surface area contributed by atoms with Crippen molar-refractivity contribution in [2.45, 2.75) is 25.6 Å². The summed E-state index contributed by atoms with van der Waals surface area (Å²) >= 11 is 0. The maximum Gasteiger partial charge on any atom is 0.416 e. The zero-order chi connectivity index (χ0) is 16.0. The van der Waals surface area contributed by atoms with Crippen LogP contribution in [0, 0.1) is 0 Å². The van der Waals surface area contributed by atoms with Crippen LogP contribution in [0.5, 0.6) is 0 Å². The Morgan fingerprint density at radius 1 is 1.19 bits per heavy atom. The zero-order valence-corrected chi connectivity index (χ0v) is 11.2. The van der Waals surface area contributed by atoms with Crippen molar-refractivity contribution >= 4 is 17.5 Å². The van der Waals surface area contributed by atoms with Crippen molar-refractivity contribution in [2.75, 3.05) is 11.9 Å². The summed E-state index contributed by atoms with van der Waals surface area (Å²) in [6, 6.07) is 3.16. The molecule has 1 unspecified atom stereocenters. The maximum absolute atomic E-state index is 12.4. The Balaban J connectivity index is 2.64. The highest BCUT2D eigenvalue weighted by molar-refractivity contribution is 6.39. The number of aliphatic hydroxyl groups excluding tert-OH is 1. The molecule has 0 saturated heterocycles. The summed E-state index contributed by atoms with van der Waals surface area (Å²) < 4.78 is 37.1. The quantitative estimate of drug-likeness (QED) is 0.738. The highest BCUT2D eigenvalue weighted by Gasteiger charge is 2.30.